The number of methoxy groups -OCH3 is 4. The first-order valence-corrected chi connectivity index (χ1v) is 47.2. The minimum absolute atomic E-state index is 0.102. The molecular formula is C105H133N9O15. The molecule has 0 spiro atoms. The zero-order chi connectivity index (χ0) is 87.9. The highest BCUT2D eigenvalue weighted by molar-refractivity contribution is 5.65. The van der Waals surface area contributed by atoms with Crippen molar-refractivity contribution in [2.75, 3.05) is 216 Å². The van der Waals surface area contributed by atoms with Gasteiger partial charge in [-0.3, -0.25) is 0 Å². The Bertz CT molecular complexity index is 4960. The van der Waals surface area contributed by atoms with Gasteiger partial charge in [-0.05, 0) is 208 Å². The fourth-order valence-electron chi connectivity index (χ4n) is 20.0. The van der Waals surface area contributed by atoms with Gasteiger partial charge < -0.3 is 116 Å². The molecule has 24 nitrogen and oxygen atoms in total. The first-order valence-electron chi connectivity index (χ1n) is 47.2. The summed E-state index contributed by atoms with van der Waals surface area (Å²) in [5.41, 5.74) is 14.5. The fraction of sp³-hybridized carbons (Fsp3) is 0.486. The Labute approximate surface area is 762 Å². The van der Waals surface area contributed by atoms with E-state index < -0.39 is 0 Å². The Morgan fingerprint density at radius 2 is 0.783 bits per heavy atom. The van der Waals surface area contributed by atoms with Crippen LogP contribution in [0.25, 0.3) is 0 Å². The molecule has 9 aromatic rings. The van der Waals surface area contributed by atoms with Gasteiger partial charge in [0.2, 0.25) is 6.79 Å². The first kappa shape index (κ1) is 90.6. The summed E-state index contributed by atoms with van der Waals surface area (Å²) < 4.78 is 89.2. The molecule has 3 N–H and O–H groups in total. The van der Waals surface area contributed by atoms with Crippen molar-refractivity contribution in [2.24, 2.45) is 0 Å². The van der Waals surface area contributed by atoms with Crippen LogP contribution in [0.3, 0.4) is 0 Å². The maximum Gasteiger partial charge on any atom is 0.231 e. The molecule has 10 heterocycles. The van der Waals surface area contributed by atoms with E-state index in [0.717, 1.165) is 289 Å². The lowest BCUT2D eigenvalue weighted by Gasteiger charge is -2.33. The Kier molecular flexibility index (Phi) is 31.9. The zero-order valence-electron chi connectivity index (χ0n) is 76.1. The molecule has 0 aliphatic carbocycles. The standard InChI is InChI=1S/C35H43N3O6.C35H45N3O5.C35H45N3O4/c1-39-17-2-14-37-16-18-40-32-9-3-25(19-31(32)37)23-41-35-21-36-13-11-30(35)26-4-7-28(8-5-26)44-29-12-15-38(22-29)27-6-10-33-34(20-27)43-24-42-33;1-39-20-5-17-37-19-21-41-34-13-8-26(22-32(34)37)25-42-35-23-36-16-14-30(35)27-9-11-28(12-10-27)43-29-15-18-38(24-29)31-6-3-4-7-33(31)40-2;1-26-21-31(24-38(26)29-7-4-3-5-8-29)42-30-12-10-28(11-13-30)32-15-16-36-23-35(32)41-25-27-9-14-34-33(22-27)37(18-20-40-34)17-6-19-39-2/h3-10,19-20,29-30,35-36H,2,11-18,21-24H2,1H3;3-4,6-13,22,29-30,35-36H,5,14-21,23-25H2,1-2H3;3-5,7-14,22,26,31-32,35-36H,6,15-21,23-25H2,1-2H3/t2*29-,30+,35-;26-,31-,32+,35-/m000/s1. The third kappa shape index (κ3) is 23.7. The quantitative estimate of drug-likeness (QED) is 0.0322. The number of benzene rings is 9. The number of hydrogen-bond acceptors (Lipinski definition) is 24. The van der Waals surface area contributed by atoms with Crippen molar-refractivity contribution in [3.8, 4) is 51.7 Å². The van der Waals surface area contributed by atoms with Gasteiger partial charge in [-0.15, -0.1) is 0 Å². The number of anilines is 6. The monoisotopic (exact) mass is 1760 g/mol. The maximum absolute atomic E-state index is 6.59. The molecule has 0 bridgehead atoms. The van der Waals surface area contributed by atoms with E-state index in [4.69, 9.17) is 71.1 Å². The molecule has 0 aromatic heterocycles. The number of rotatable bonds is 34. The van der Waals surface area contributed by atoms with E-state index in [0.29, 0.717) is 50.4 Å². The van der Waals surface area contributed by atoms with E-state index >= 15 is 0 Å². The van der Waals surface area contributed by atoms with Gasteiger partial charge in [-0.25, -0.2) is 0 Å². The highest BCUT2D eigenvalue weighted by Gasteiger charge is 2.36. The highest BCUT2D eigenvalue weighted by Crippen LogP contribution is 2.43. The minimum Gasteiger partial charge on any atom is -0.495 e. The molecule has 129 heavy (non-hydrogen) atoms. The Morgan fingerprint density at radius 1 is 0.364 bits per heavy atom. The van der Waals surface area contributed by atoms with Crippen LogP contribution in [0.1, 0.15) is 116 Å². The first-order chi connectivity index (χ1) is 63.6. The molecule has 10 atom stereocenters. The Morgan fingerprint density at radius 3 is 1.24 bits per heavy atom. The summed E-state index contributed by atoms with van der Waals surface area (Å²) in [6.45, 7) is 24.4. The van der Waals surface area contributed by atoms with Crippen LogP contribution < -0.4 is 88.0 Å². The van der Waals surface area contributed by atoms with Crippen molar-refractivity contribution in [1.29, 1.82) is 0 Å². The van der Waals surface area contributed by atoms with E-state index in [-0.39, 0.29) is 36.6 Å². The Balaban J connectivity index is 0.000000136. The van der Waals surface area contributed by atoms with Gasteiger partial charge in [-0.1, -0.05) is 84.9 Å². The van der Waals surface area contributed by atoms with Crippen LogP contribution in [0.2, 0.25) is 0 Å². The molecule has 0 unspecified atom stereocenters. The zero-order valence-corrected chi connectivity index (χ0v) is 76.1. The summed E-state index contributed by atoms with van der Waals surface area (Å²) in [4.78, 5) is 14.4. The van der Waals surface area contributed by atoms with Gasteiger partial charge in [-0.2, -0.15) is 0 Å². The molecule has 9 aromatic carbocycles. The lowest BCUT2D eigenvalue weighted by molar-refractivity contribution is 0.0105. The molecule has 0 radical (unpaired) electrons. The third-order valence-corrected chi connectivity index (χ3v) is 26.8. The van der Waals surface area contributed by atoms with Gasteiger partial charge in [0.1, 0.15) is 78.4 Å². The second-order valence-corrected chi connectivity index (χ2v) is 35.5. The van der Waals surface area contributed by atoms with Crippen LogP contribution in [0.15, 0.2) is 200 Å². The minimum atomic E-state index is 0.102. The van der Waals surface area contributed by atoms with Crippen LogP contribution in [-0.4, -0.2) is 229 Å². The highest BCUT2D eigenvalue weighted by atomic mass is 16.7. The summed E-state index contributed by atoms with van der Waals surface area (Å²) in [6, 6.07) is 71.0. The third-order valence-electron chi connectivity index (χ3n) is 26.8. The molecule has 19 rings (SSSR count). The van der Waals surface area contributed by atoms with Crippen LogP contribution in [0.4, 0.5) is 34.1 Å². The van der Waals surface area contributed by atoms with E-state index in [2.05, 4.69) is 234 Å². The van der Waals surface area contributed by atoms with Crippen molar-refractivity contribution < 1.29 is 71.1 Å². The average Bonchev–Trinajstić information content (AvgIpc) is 1.74. The van der Waals surface area contributed by atoms with Crippen molar-refractivity contribution in [2.45, 2.75) is 145 Å². The van der Waals surface area contributed by atoms with E-state index in [1.165, 1.54) is 39.1 Å². The van der Waals surface area contributed by atoms with Crippen LogP contribution in [0.5, 0.6) is 51.7 Å². The number of nitrogens with zero attached hydrogens (tertiary/aromatic N) is 6. The van der Waals surface area contributed by atoms with E-state index in [9.17, 15) is 0 Å². The normalized spacial score (nSPS) is 22.7. The molecule has 10 aliphatic heterocycles. The average molecular weight is 1760 g/mol. The predicted octanol–water partition coefficient (Wildman–Crippen LogP) is 15.9. The van der Waals surface area contributed by atoms with E-state index in [1.807, 2.05) is 18.2 Å². The number of fused-ring (bicyclic) bond motifs is 4. The van der Waals surface area contributed by atoms with Crippen LogP contribution in [0, 0.1) is 0 Å². The van der Waals surface area contributed by atoms with Crippen molar-refractivity contribution in [3.05, 3.63) is 234 Å². The number of piperidine rings is 3. The van der Waals surface area contributed by atoms with Gasteiger partial charge in [0.25, 0.3) is 0 Å². The molecule has 10 aliphatic rings. The largest absolute Gasteiger partial charge is 0.495 e. The smallest absolute Gasteiger partial charge is 0.231 e. The van der Waals surface area contributed by atoms with Gasteiger partial charge in [0.05, 0.1) is 107 Å². The van der Waals surface area contributed by atoms with Crippen LogP contribution >= 0.6 is 0 Å². The number of ether oxygens (including phenoxy) is 15. The lowest BCUT2D eigenvalue weighted by atomic mass is 9.87. The molecule has 0 amide bonds. The summed E-state index contributed by atoms with van der Waals surface area (Å²) in [5.74, 6) is 9.24. The lowest BCUT2D eigenvalue weighted by Crippen LogP contribution is -2.41. The number of para-hydroxylation sites is 3. The molecule has 24 heteroatoms. The topological polar surface area (TPSA) is 194 Å². The molecule has 6 fully saturated rings. The number of hydrogen-bond donors (Lipinski definition) is 3. The maximum atomic E-state index is 6.59. The molecule has 6 saturated heterocycles. The van der Waals surface area contributed by atoms with Gasteiger partial charge in [0, 0.05) is 154 Å². The van der Waals surface area contributed by atoms with Gasteiger partial charge >= 0.3 is 0 Å². The summed E-state index contributed by atoms with van der Waals surface area (Å²) in [6.07, 6.45) is 9.98. The van der Waals surface area contributed by atoms with Crippen LogP contribution in [-0.2, 0) is 48.2 Å². The summed E-state index contributed by atoms with van der Waals surface area (Å²) in [5, 5.41) is 10.6. The number of nitrogens with one attached hydrogen (secondary N) is 3. The van der Waals surface area contributed by atoms with Crippen molar-refractivity contribution in [3.63, 3.8) is 0 Å². The Hall–Kier alpha value is -10.4. The molecule has 0 saturated carbocycles. The van der Waals surface area contributed by atoms with Crippen molar-refractivity contribution in [1.82, 2.24) is 16.0 Å². The predicted molar refractivity (Wildman–Crippen MR) is 508 cm³/mol. The van der Waals surface area contributed by atoms with Crippen molar-refractivity contribution >= 4 is 34.1 Å². The summed E-state index contributed by atoms with van der Waals surface area (Å²) >= 11 is 0. The van der Waals surface area contributed by atoms with E-state index in [1.54, 1.807) is 28.4 Å². The molecular weight excluding hydrogens is 1630 g/mol. The second-order valence-electron chi connectivity index (χ2n) is 35.5. The molecule has 688 valence electrons. The van der Waals surface area contributed by atoms with Gasteiger partial charge in [0.15, 0.2) is 11.5 Å². The SMILES string of the molecule is COCCCN1CCOc2ccc(CO[C@H]3CNCC[C@@H]3c3ccc(O[C@H]4CCN(c5ccc6c(c5)OCO6)C4)cc3)cc21.COCCCN1CCOc2ccc(CO[C@H]3CNCC[C@@H]3c3ccc(O[C@H]4CCN(c5ccccc5OC)C4)cc3)cc21.COCCCN1CCOc2ccc(CO[C@H]3CNCC[C@@H]3c3ccc(O[C@H]4C[C@H](C)N(c5ccccc5)C4)cc3)cc21. The fourth-order valence-corrected chi connectivity index (χ4v) is 20.0. The summed E-state index contributed by atoms with van der Waals surface area (Å²) in [7, 11) is 7.00. The second kappa shape index (κ2) is 45.4.